The Balaban J connectivity index is 2.96. The van der Waals surface area contributed by atoms with Crippen molar-refractivity contribution in [2.24, 2.45) is 0 Å². The first kappa shape index (κ1) is 21.1. The van der Waals surface area contributed by atoms with Gasteiger partial charge in [0.2, 0.25) is 0 Å². The molecule has 8 heteroatoms. The molecule has 0 amide bonds. The van der Waals surface area contributed by atoms with E-state index in [1.54, 1.807) is 27.7 Å². The zero-order valence-corrected chi connectivity index (χ0v) is 16.4. The molecule has 1 aliphatic carbocycles. The molecule has 0 saturated heterocycles. The molecule has 0 unspecified atom stereocenters. The van der Waals surface area contributed by atoms with Gasteiger partial charge in [-0.1, -0.05) is 18.6 Å². The molecule has 6 nitrogen and oxygen atoms in total. The van der Waals surface area contributed by atoms with Crippen LogP contribution in [-0.4, -0.2) is 37.7 Å². The van der Waals surface area contributed by atoms with Crippen molar-refractivity contribution in [3.8, 4) is 0 Å². The molecule has 0 saturated carbocycles. The minimum atomic E-state index is -3.19. The van der Waals surface area contributed by atoms with Crippen molar-refractivity contribution >= 4 is 15.2 Å². The molecule has 0 spiro atoms. The maximum Gasteiger partial charge on any atom is 0.337 e. The molecule has 23 heavy (non-hydrogen) atoms. The lowest BCUT2D eigenvalue weighted by atomic mass is 10.2. The third-order valence-corrected chi connectivity index (χ3v) is 8.56. The fourth-order valence-corrected chi connectivity index (χ4v) is 6.66. The summed E-state index contributed by atoms with van der Waals surface area (Å²) >= 11 is 0. The van der Waals surface area contributed by atoms with Gasteiger partial charge < -0.3 is 18.1 Å². The fourth-order valence-electron chi connectivity index (χ4n) is 2.69. The van der Waals surface area contributed by atoms with Gasteiger partial charge in [0.15, 0.2) is 0 Å². The highest BCUT2D eigenvalue weighted by Crippen LogP contribution is 2.59. The van der Waals surface area contributed by atoms with E-state index in [1.807, 2.05) is 12.2 Å². The lowest BCUT2D eigenvalue weighted by Gasteiger charge is -2.23. The van der Waals surface area contributed by atoms with E-state index in [0.29, 0.717) is 39.3 Å². The average Bonchev–Trinajstić information content (AvgIpc) is 2.75. The Morgan fingerprint density at radius 1 is 0.739 bits per heavy atom. The van der Waals surface area contributed by atoms with Gasteiger partial charge in [0.25, 0.3) is 0 Å². The topological polar surface area (TPSA) is 71.1 Å². The van der Waals surface area contributed by atoms with Crippen molar-refractivity contribution in [3.63, 3.8) is 0 Å². The predicted octanol–water partition coefficient (Wildman–Crippen LogP) is 5.00. The van der Waals surface area contributed by atoms with Crippen LogP contribution in [0.3, 0.4) is 0 Å². The van der Waals surface area contributed by atoms with Gasteiger partial charge in [-0.15, -0.1) is 0 Å². The molecule has 0 aromatic rings. The quantitative estimate of drug-likeness (QED) is 0.399. The Labute approximate surface area is 140 Å². The standard InChI is InChI=1S/C15H30O6P2/c1-5-18-22(16,19-6-2)14-10-9-11-15(13-12-14)23(17,20-7-3)21-8-4/h12-15H,5-11H2,1-4H3/t14-,15+. The largest absolute Gasteiger partial charge is 0.337 e. The molecular weight excluding hydrogens is 338 g/mol. The predicted molar refractivity (Wildman–Crippen MR) is 92.3 cm³/mol. The molecule has 2 atom stereocenters. The molecule has 1 aliphatic rings. The van der Waals surface area contributed by atoms with Crippen molar-refractivity contribution in [2.45, 2.75) is 58.3 Å². The molecule has 0 heterocycles. The lowest BCUT2D eigenvalue weighted by Crippen LogP contribution is -2.10. The monoisotopic (exact) mass is 368 g/mol. The second-order valence-electron chi connectivity index (χ2n) is 5.20. The molecule has 0 bridgehead atoms. The lowest BCUT2D eigenvalue weighted by molar-refractivity contribution is 0.214. The van der Waals surface area contributed by atoms with Crippen molar-refractivity contribution in [3.05, 3.63) is 12.2 Å². The molecule has 0 radical (unpaired) electrons. The first-order chi connectivity index (χ1) is 11.0. The molecule has 136 valence electrons. The van der Waals surface area contributed by atoms with Crippen LogP contribution >= 0.6 is 15.2 Å². The summed E-state index contributed by atoms with van der Waals surface area (Å²) in [7, 11) is -6.38. The summed E-state index contributed by atoms with van der Waals surface area (Å²) in [4.78, 5) is 0. The third-order valence-electron chi connectivity index (χ3n) is 3.60. The minimum Gasteiger partial charge on any atom is -0.308 e. The summed E-state index contributed by atoms with van der Waals surface area (Å²) in [5.41, 5.74) is -0.631. The van der Waals surface area contributed by atoms with E-state index < -0.39 is 15.2 Å². The van der Waals surface area contributed by atoms with E-state index in [2.05, 4.69) is 0 Å². The van der Waals surface area contributed by atoms with Gasteiger partial charge >= 0.3 is 15.2 Å². The molecule has 1 rings (SSSR count). The molecule has 0 N–H and O–H groups in total. The van der Waals surface area contributed by atoms with Crippen molar-refractivity contribution in [2.75, 3.05) is 26.4 Å². The summed E-state index contributed by atoms with van der Waals surface area (Å²) in [6.45, 7) is 8.53. The van der Waals surface area contributed by atoms with Crippen LogP contribution in [0.2, 0.25) is 0 Å². The molecule has 0 aromatic carbocycles. The van der Waals surface area contributed by atoms with E-state index in [0.717, 1.165) is 6.42 Å². The average molecular weight is 368 g/mol. The Kier molecular flexibility index (Phi) is 9.28. The van der Waals surface area contributed by atoms with Gasteiger partial charge in [0.05, 0.1) is 37.7 Å². The Morgan fingerprint density at radius 2 is 1.04 bits per heavy atom. The van der Waals surface area contributed by atoms with Crippen LogP contribution in [0, 0.1) is 0 Å². The Morgan fingerprint density at radius 3 is 1.30 bits per heavy atom. The van der Waals surface area contributed by atoms with Crippen LogP contribution < -0.4 is 0 Å². The van der Waals surface area contributed by atoms with E-state index in [4.69, 9.17) is 18.1 Å². The summed E-state index contributed by atoms with van der Waals surface area (Å²) in [5.74, 6) is 0. The molecule has 0 fully saturated rings. The number of hydrogen-bond acceptors (Lipinski definition) is 6. The number of allylic oxidation sites excluding steroid dienone is 2. The minimum absolute atomic E-state index is 0.316. The molecular formula is C15H30O6P2. The van der Waals surface area contributed by atoms with Crippen LogP contribution in [0.25, 0.3) is 0 Å². The van der Waals surface area contributed by atoms with E-state index in [9.17, 15) is 9.13 Å². The highest BCUT2D eigenvalue weighted by atomic mass is 31.2. The fraction of sp³-hybridized carbons (Fsp3) is 0.867. The summed E-state index contributed by atoms with van der Waals surface area (Å²) in [6, 6.07) is 0. The van der Waals surface area contributed by atoms with Crippen LogP contribution in [0.4, 0.5) is 0 Å². The summed E-state index contributed by atoms with van der Waals surface area (Å²) in [5, 5.41) is 0. The third kappa shape index (κ3) is 5.81. The zero-order valence-electron chi connectivity index (χ0n) is 14.6. The highest BCUT2D eigenvalue weighted by Gasteiger charge is 2.39. The highest BCUT2D eigenvalue weighted by molar-refractivity contribution is 7.55. The van der Waals surface area contributed by atoms with Crippen molar-refractivity contribution in [1.29, 1.82) is 0 Å². The first-order valence-corrected chi connectivity index (χ1v) is 11.6. The number of hydrogen-bond donors (Lipinski definition) is 0. The van der Waals surface area contributed by atoms with Crippen LogP contribution in [0.5, 0.6) is 0 Å². The smallest absolute Gasteiger partial charge is 0.308 e. The zero-order chi connectivity index (χ0) is 17.3. The maximum atomic E-state index is 12.9. The van der Waals surface area contributed by atoms with E-state index >= 15 is 0 Å². The Hall–Kier alpha value is 0.0400. The molecule has 0 aliphatic heterocycles. The van der Waals surface area contributed by atoms with Crippen LogP contribution in [0.15, 0.2) is 12.2 Å². The van der Waals surface area contributed by atoms with Crippen molar-refractivity contribution < 1.29 is 27.2 Å². The second kappa shape index (κ2) is 10.1. The van der Waals surface area contributed by atoms with Gasteiger partial charge in [-0.05, 0) is 40.5 Å². The van der Waals surface area contributed by atoms with Gasteiger partial charge in [-0.3, -0.25) is 9.13 Å². The summed E-state index contributed by atoms with van der Waals surface area (Å²) < 4.78 is 47.5. The first-order valence-electron chi connectivity index (χ1n) is 8.41. The van der Waals surface area contributed by atoms with Crippen LogP contribution in [-0.2, 0) is 27.2 Å². The normalized spacial score (nSPS) is 23.0. The SMILES string of the molecule is CCOP(=O)(OCC)[C@@H]1C=C[C@H](P(=O)(OCC)OCC)CCC1. The second-order valence-corrected chi connectivity index (χ2v) is 9.72. The van der Waals surface area contributed by atoms with Gasteiger partial charge in [-0.2, -0.15) is 0 Å². The van der Waals surface area contributed by atoms with Crippen molar-refractivity contribution in [1.82, 2.24) is 0 Å². The molecule has 0 aromatic heterocycles. The number of rotatable bonds is 10. The van der Waals surface area contributed by atoms with E-state index in [1.165, 1.54) is 0 Å². The van der Waals surface area contributed by atoms with Crippen LogP contribution in [0.1, 0.15) is 47.0 Å². The van der Waals surface area contributed by atoms with Gasteiger partial charge in [0, 0.05) is 0 Å². The summed E-state index contributed by atoms with van der Waals surface area (Å²) in [6.07, 6.45) is 5.73. The van der Waals surface area contributed by atoms with Gasteiger partial charge in [-0.25, -0.2) is 0 Å². The maximum absolute atomic E-state index is 12.9. The Bertz CT molecular complexity index is 405. The van der Waals surface area contributed by atoms with Gasteiger partial charge in [0.1, 0.15) is 0 Å². The van der Waals surface area contributed by atoms with E-state index in [-0.39, 0.29) is 11.3 Å².